The first-order valence-corrected chi connectivity index (χ1v) is 7.20. The van der Waals surface area contributed by atoms with Crippen molar-refractivity contribution in [2.24, 2.45) is 0 Å². The number of ether oxygens (including phenoxy) is 1. The fraction of sp³-hybridized carbons (Fsp3) is 0.615. The smallest absolute Gasteiger partial charge is 0.217 e. The van der Waals surface area contributed by atoms with E-state index in [0.717, 1.165) is 36.4 Å². The average Bonchev–Trinajstić information content (AvgIpc) is 2.37. The number of pyridine rings is 1. The molecule has 0 unspecified atom stereocenters. The molecule has 17 heavy (non-hydrogen) atoms. The molecule has 96 valence electrons. The number of hydrogen-bond donors (Lipinski definition) is 0. The largest absolute Gasteiger partial charge is 0.481 e. The van der Waals surface area contributed by atoms with Gasteiger partial charge in [0.2, 0.25) is 5.88 Å². The molecule has 1 heterocycles. The van der Waals surface area contributed by atoms with E-state index in [-0.39, 0.29) is 0 Å². The lowest BCUT2D eigenvalue weighted by atomic mass is 10.2. The number of rotatable bonds is 8. The molecule has 1 aromatic heterocycles. The van der Waals surface area contributed by atoms with E-state index in [4.69, 9.17) is 4.74 Å². The fourth-order valence-electron chi connectivity index (χ4n) is 1.74. The highest BCUT2D eigenvalue weighted by Gasteiger charge is 2.09. The molecule has 0 aliphatic rings. The monoisotopic (exact) mass is 300 g/mol. The number of nitrogens with zero attached hydrogens (tertiary/aromatic N) is 2. The molecule has 0 N–H and O–H groups in total. The van der Waals surface area contributed by atoms with E-state index in [1.54, 1.807) is 13.3 Å². The number of aromatic nitrogens is 1. The van der Waals surface area contributed by atoms with Crippen LogP contribution in [0.3, 0.4) is 0 Å². The topological polar surface area (TPSA) is 25.4 Å². The molecule has 0 aliphatic heterocycles. The molecule has 0 aliphatic carbocycles. The summed E-state index contributed by atoms with van der Waals surface area (Å²) in [4.78, 5) is 6.66. The van der Waals surface area contributed by atoms with Crippen LogP contribution in [0.4, 0.5) is 0 Å². The normalized spacial score (nSPS) is 10.8. The molecule has 0 saturated heterocycles. The maximum absolute atomic E-state index is 5.28. The van der Waals surface area contributed by atoms with E-state index in [1.165, 1.54) is 12.8 Å². The first-order valence-electron chi connectivity index (χ1n) is 6.08. The molecule has 0 atom stereocenters. The van der Waals surface area contributed by atoms with Gasteiger partial charge in [-0.15, -0.1) is 0 Å². The highest BCUT2D eigenvalue weighted by atomic mass is 79.9. The summed E-state index contributed by atoms with van der Waals surface area (Å²) in [6.07, 6.45) is 4.22. The van der Waals surface area contributed by atoms with E-state index in [9.17, 15) is 0 Å². The minimum absolute atomic E-state index is 0.739. The van der Waals surface area contributed by atoms with Crippen molar-refractivity contribution in [2.45, 2.75) is 26.3 Å². The molecule has 0 radical (unpaired) electrons. The van der Waals surface area contributed by atoms with Gasteiger partial charge in [-0.05, 0) is 19.0 Å². The predicted molar refractivity (Wildman–Crippen MR) is 74.8 cm³/mol. The zero-order valence-electron chi connectivity index (χ0n) is 10.7. The quantitative estimate of drug-likeness (QED) is 0.690. The van der Waals surface area contributed by atoms with Crippen molar-refractivity contribution < 1.29 is 4.74 Å². The Morgan fingerprint density at radius 1 is 1.41 bits per heavy atom. The molecular weight excluding hydrogens is 280 g/mol. The summed E-state index contributed by atoms with van der Waals surface area (Å²) in [7, 11) is 1.67. The third kappa shape index (κ3) is 5.04. The van der Waals surface area contributed by atoms with E-state index in [0.29, 0.717) is 0 Å². The van der Waals surface area contributed by atoms with Crippen LogP contribution < -0.4 is 4.74 Å². The third-order valence-corrected chi connectivity index (χ3v) is 3.02. The first kappa shape index (κ1) is 14.5. The number of hydrogen-bond acceptors (Lipinski definition) is 3. The maximum atomic E-state index is 5.28. The zero-order valence-corrected chi connectivity index (χ0v) is 12.2. The second-order valence-electron chi connectivity index (χ2n) is 3.99. The average molecular weight is 301 g/mol. The van der Waals surface area contributed by atoms with Gasteiger partial charge in [0.25, 0.3) is 0 Å². The van der Waals surface area contributed by atoms with Crippen LogP contribution in [-0.4, -0.2) is 35.4 Å². The van der Waals surface area contributed by atoms with Crippen molar-refractivity contribution >= 4 is 15.9 Å². The van der Waals surface area contributed by atoms with Gasteiger partial charge < -0.3 is 4.74 Å². The Morgan fingerprint density at radius 3 is 2.88 bits per heavy atom. The van der Waals surface area contributed by atoms with Crippen LogP contribution in [0.5, 0.6) is 5.88 Å². The van der Waals surface area contributed by atoms with Crippen LogP contribution >= 0.6 is 15.9 Å². The van der Waals surface area contributed by atoms with Crippen molar-refractivity contribution in [3.05, 3.63) is 23.9 Å². The number of alkyl halides is 1. The van der Waals surface area contributed by atoms with Crippen LogP contribution in [0.2, 0.25) is 0 Å². The predicted octanol–water partition coefficient (Wildman–Crippen LogP) is 3.09. The third-order valence-electron chi connectivity index (χ3n) is 2.67. The SMILES string of the molecule is CCCCN(CCBr)Cc1cccnc1OC. The van der Waals surface area contributed by atoms with E-state index in [1.807, 2.05) is 6.07 Å². The lowest BCUT2D eigenvalue weighted by Gasteiger charge is -2.21. The van der Waals surface area contributed by atoms with Gasteiger partial charge >= 0.3 is 0 Å². The molecule has 3 nitrogen and oxygen atoms in total. The van der Waals surface area contributed by atoms with Gasteiger partial charge in [0.15, 0.2) is 0 Å². The summed E-state index contributed by atoms with van der Waals surface area (Å²) >= 11 is 3.50. The molecular formula is C13H21BrN2O. The summed E-state index contributed by atoms with van der Waals surface area (Å²) in [5.74, 6) is 0.739. The van der Waals surface area contributed by atoms with E-state index >= 15 is 0 Å². The van der Waals surface area contributed by atoms with Crippen LogP contribution in [0, 0.1) is 0 Å². The molecule has 0 bridgehead atoms. The summed E-state index contributed by atoms with van der Waals surface area (Å²) < 4.78 is 5.28. The number of halogens is 1. The maximum Gasteiger partial charge on any atom is 0.217 e. The zero-order chi connectivity index (χ0) is 12.5. The van der Waals surface area contributed by atoms with Crippen LogP contribution in [-0.2, 0) is 6.54 Å². The Hall–Kier alpha value is -0.610. The Labute approximate surface area is 112 Å². The van der Waals surface area contributed by atoms with Gasteiger partial charge in [-0.25, -0.2) is 4.98 Å². The highest BCUT2D eigenvalue weighted by Crippen LogP contribution is 2.16. The van der Waals surface area contributed by atoms with Crippen LogP contribution in [0.15, 0.2) is 18.3 Å². The van der Waals surface area contributed by atoms with Gasteiger partial charge in [-0.2, -0.15) is 0 Å². The minimum Gasteiger partial charge on any atom is -0.481 e. The minimum atomic E-state index is 0.739. The number of methoxy groups -OCH3 is 1. The Balaban J connectivity index is 2.63. The second kappa shape index (κ2) is 8.48. The van der Waals surface area contributed by atoms with Gasteiger partial charge in [-0.1, -0.05) is 35.3 Å². The Morgan fingerprint density at radius 2 is 2.24 bits per heavy atom. The molecule has 0 spiro atoms. The fourth-order valence-corrected chi connectivity index (χ4v) is 2.24. The lowest BCUT2D eigenvalue weighted by molar-refractivity contribution is 0.271. The molecule has 0 amide bonds. The van der Waals surface area contributed by atoms with E-state index < -0.39 is 0 Å². The van der Waals surface area contributed by atoms with Crippen molar-refractivity contribution in [3.8, 4) is 5.88 Å². The van der Waals surface area contributed by atoms with Crippen LogP contribution in [0.25, 0.3) is 0 Å². The van der Waals surface area contributed by atoms with Crippen molar-refractivity contribution in [3.63, 3.8) is 0 Å². The van der Waals surface area contributed by atoms with Crippen molar-refractivity contribution in [1.82, 2.24) is 9.88 Å². The van der Waals surface area contributed by atoms with Crippen molar-refractivity contribution in [1.29, 1.82) is 0 Å². The van der Waals surface area contributed by atoms with Gasteiger partial charge in [-0.3, -0.25) is 4.90 Å². The molecule has 1 aromatic rings. The summed E-state index contributed by atoms with van der Waals surface area (Å²) in [6, 6.07) is 4.04. The number of unbranched alkanes of at least 4 members (excludes halogenated alkanes) is 1. The van der Waals surface area contributed by atoms with Gasteiger partial charge in [0.05, 0.1) is 7.11 Å². The molecule has 1 rings (SSSR count). The van der Waals surface area contributed by atoms with Crippen molar-refractivity contribution in [2.75, 3.05) is 25.5 Å². The molecule has 0 fully saturated rings. The molecule has 4 heteroatoms. The Kier molecular flexibility index (Phi) is 7.21. The first-order chi connectivity index (χ1) is 8.31. The van der Waals surface area contributed by atoms with Gasteiger partial charge in [0, 0.05) is 30.2 Å². The molecule has 0 aromatic carbocycles. The highest BCUT2D eigenvalue weighted by molar-refractivity contribution is 9.09. The lowest BCUT2D eigenvalue weighted by Crippen LogP contribution is -2.26. The van der Waals surface area contributed by atoms with Crippen LogP contribution in [0.1, 0.15) is 25.3 Å². The second-order valence-corrected chi connectivity index (χ2v) is 4.78. The van der Waals surface area contributed by atoms with Gasteiger partial charge in [0.1, 0.15) is 0 Å². The standard InChI is InChI=1S/C13H21BrN2O/c1-3-4-9-16(10-7-14)11-12-6-5-8-15-13(12)17-2/h5-6,8H,3-4,7,9-11H2,1-2H3. The Bertz CT molecular complexity index is 320. The summed E-state index contributed by atoms with van der Waals surface area (Å²) in [5, 5.41) is 0.999. The molecule has 0 saturated carbocycles. The summed E-state index contributed by atoms with van der Waals surface area (Å²) in [5.41, 5.74) is 1.16. The van der Waals surface area contributed by atoms with E-state index in [2.05, 4.69) is 38.8 Å². The summed E-state index contributed by atoms with van der Waals surface area (Å²) in [6.45, 7) is 5.30.